The molecule has 0 aromatic heterocycles. The van der Waals surface area contributed by atoms with Crippen molar-refractivity contribution in [1.82, 2.24) is 0 Å². The molecule has 0 radical (unpaired) electrons. The van der Waals surface area contributed by atoms with Crippen LogP contribution in [0.3, 0.4) is 0 Å². The highest BCUT2D eigenvalue weighted by Gasteiger charge is 2.49. The molecule has 1 saturated carbocycles. The first-order chi connectivity index (χ1) is 6.81. The van der Waals surface area contributed by atoms with E-state index >= 15 is 0 Å². The molecule has 0 spiro atoms. The van der Waals surface area contributed by atoms with Crippen molar-refractivity contribution in [3.63, 3.8) is 0 Å². The van der Waals surface area contributed by atoms with Gasteiger partial charge in [-0.1, -0.05) is 18.2 Å². The first-order valence-electron chi connectivity index (χ1n) is 5.28. The second-order valence-electron chi connectivity index (χ2n) is 4.52. The SMILES string of the molecule is COC(=O)C1=CCC2C3C=CC(C3)C12. The third-order valence-corrected chi connectivity index (χ3v) is 4.01. The fourth-order valence-electron chi connectivity index (χ4n) is 3.44. The van der Waals surface area contributed by atoms with Crippen LogP contribution in [0.4, 0.5) is 0 Å². The quantitative estimate of drug-likeness (QED) is 0.466. The fourth-order valence-corrected chi connectivity index (χ4v) is 3.44. The van der Waals surface area contributed by atoms with E-state index in [9.17, 15) is 4.79 Å². The van der Waals surface area contributed by atoms with Crippen molar-refractivity contribution < 1.29 is 9.53 Å². The van der Waals surface area contributed by atoms with Gasteiger partial charge in [-0.05, 0) is 30.6 Å². The topological polar surface area (TPSA) is 26.3 Å². The summed E-state index contributed by atoms with van der Waals surface area (Å²) < 4.78 is 4.82. The molecular formula is C12H14O2. The monoisotopic (exact) mass is 190 g/mol. The van der Waals surface area contributed by atoms with Gasteiger partial charge in [-0.15, -0.1) is 0 Å². The van der Waals surface area contributed by atoms with E-state index in [-0.39, 0.29) is 5.97 Å². The number of carbonyl (C=O) groups excluding carboxylic acids is 1. The van der Waals surface area contributed by atoms with Crippen molar-refractivity contribution in [3.8, 4) is 0 Å². The Morgan fingerprint density at radius 2 is 2.21 bits per heavy atom. The molecule has 14 heavy (non-hydrogen) atoms. The second kappa shape index (κ2) is 2.72. The number of ether oxygens (including phenoxy) is 1. The number of hydrogen-bond acceptors (Lipinski definition) is 2. The lowest BCUT2D eigenvalue weighted by atomic mass is 9.82. The minimum Gasteiger partial charge on any atom is -0.466 e. The lowest BCUT2D eigenvalue weighted by molar-refractivity contribution is -0.136. The van der Waals surface area contributed by atoms with Gasteiger partial charge in [-0.3, -0.25) is 0 Å². The smallest absolute Gasteiger partial charge is 0.333 e. The van der Waals surface area contributed by atoms with Gasteiger partial charge >= 0.3 is 5.97 Å². The van der Waals surface area contributed by atoms with Crippen LogP contribution >= 0.6 is 0 Å². The molecule has 0 saturated heterocycles. The van der Waals surface area contributed by atoms with E-state index in [4.69, 9.17) is 4.74 Å². The summed E-state index contributed by atoms with van der Waals surface area (Å²) in [7, 11) is 1.47. The van der Waals surface area contributed by atoms with Gasteiger partial charge in [0.25, 0.3) is 0 Å². The van der Waals surface area contributed by atoms with E-state index in [1.807, 2.05) is 0 Å². The van der Waals surface area contributed by atoms with Crippen molar-refractivity contribution in [2.45, 2.75) is 12.8 Å². The van der Waals surface area contributed by atoms with Gasteiger partial charge in [0.15, 0.2) is 0 Å². The minimum absolute atomic E-state index is 0.113. The highest BCUT2D eigenvalue weighted by atomic mass is 16.5. The molecule has 0 aromatic rings. The van der Waals surface area contributed by atoms with Gasteiger partial charge in [-0.25, -0.2) is 4.79 Å². The molecule has 3 aliphatic carbocycles. The predicted molar refractivity (Wildman–Crippen MR) is 52.4 cm³/mol. The Balaban J connectivity index is 1.91. The first-order valence-corrected chi connectivity index (χ1v) is 5.28. The summed E-state index contributed by atoms with van der Waals surface area (Å²) in [6, 6.07) is 0. The molecule has 4 atom stereocenters. The summed E-state index contributed by atoms with van der Waals surface area (Å²) in [5.74, 6) is 2.39. The van der Waals surface area contributed by atoms with Crippen molar-refractivity contribution in [2.75, 3.05) is 7.11 Å². The van der Waals surface area contributed by atoms with Gasteiger partial charge in [0.05, 0.1) is 7.11 Å². The highest BCUT2D eigenvalue weighted by Crippen LogP contribution is 2.55. The molecule has 2 bridgehead atoms. The molecular weight excluding hydrogens is 176 g/mol. The summed E-state index contributed by atoms with van der Waals surface area (Å²) in [4.78, 5) is 11.5. The Morgan fingerprint density at radius 1 is 1.43 bits per heavy atom. The summed E-state index contributed by atoms with van der Waals surface area (Å²) in [5.41, 5.74) is 0.939. The number of carbonyl (C=O) groups is 1. The van der Waals surface area contributed by atoms with Gasteiger partial charge in [0.1, 0.15) is 0 Å². The van der Waals surface area contributed by atoms with Crippen LogP contribution in [-0.4, -0.2) is 13.1 Å². The molecule has 1 fully saturated rings. The average Bonchev–Trinajstić information content (AvgIpc) is 2.87. The molecule has 0 aliphatic heterocycles. The van der Waals surface area contributed by atoms with Crippen LogP contribution in [0.2, 0.25) is 0 Å². The summed E-state index contributed by atoms with van der Waals surface area (Å²) in [6.45, 7) is 0. The Morgan fingerprint density at radius 3 is 3.00 bits per heavy atom. The standard InChI is InChI=1S/C12H14O2/c1-14-12(13)10-5-4-9-7-2-3-8(6-7)11(9)10/h2-3,5,7-9,11H,4,6H2,1H3. The van der Waals surface area contributed by atoms with Crippen molar-refractivity contribution in [3.05, 3.63) is 23.8 Å². The Labute approximate surface area is 83.6 Å². The van der Waals surface area contributed by atoms with Gasteiger partial charge in [0, 0.05) is 11.5 Å². The Hall–Kier alpha value is -1.05. The first kappa shape index (κ1) is 8.27. The third-order valence-electron chi connectivity index (χ3n) is 4.01. The van der Waals surface area contributed by atoms with Crippen molar-refractivity contribution in [1.29, 1.82) is 0 Å². The van der Waals surface area contributed by atoms with Crippen molar-refractivity contribution in [2.24, 2.45) is 23.7 Å². The molecule has 0 heterocycles. The minimum atomic E-state index is -0.113. The summed E-state index contributed by atoms with van der Waals surface area (Å²) >= 11 is 0. The van der Waals surface area contributed by atoms with Gasteiger partial charge in [-0.2, -0.15) is 0 Å². The van der Waals surface area contributed by atoms with Crippen LogP contribution in [0.5, 0.6) is 0 Å². The van der Waals surface area contributed by atoms with E-state index in [0.717, 1.165) is 17.9 Å². The largest absolute Gasteiger partial charge is 0.466 e. The molecule has 0 amide bonds. The maximum absolute atomic E-state index is 11.5. The summed E-state index contributed by atoms with van der Waals surface area (Å²) in [6.07, 6.45) is 9.03. The Kier molecular flexibility index (Phi) is 1.61. The predicted octanol–water partition coefficient (Wildman–Crippen LogP) is 1.93. The maximum atomic E-state index is 11.5. The molecule has 3 rings (SSSR count). The average molecular weight is 190 g/mol. The van der Waals surface area contributed by atoms with Crippen molar-refractivity contribution >= 4 is 5.97 Å². The van der Waals surface area contributed by atoms with E-state index < -0.39 is 0 Å². The van der Waals surface area contributed by atoms with Crippen LogP contribution in [0.1, 0.15) is 12.8 Å². The molecule has 2 nitrogen and oxygen atoms in total. The van der Waals surface area contributed by atoms with Crippen LogP contribution in [-0.2, 0) is 9.53 Å². The lowest BCUT2D eigenvalue weighted by Crippen LogP contribution is -2.20. The number of hydrogen-bond donors (Lipinski definition) is 0. The molecule has 2 heteroatoms. The van der Waals surface area contributed by atoms with Crippen LogP contribution in [0.15, 0.2) is 23.8 Å². The van der Waals surface area contributed by atoms with E-state index in [1.165, 1.54) is 13.5 Å². The number of allylic oxidation sites excluding steroid dienone is 3. The fraction of sp³-hybridized carbons (Fsp3) is 0.583. The molecule has 4 unspecified atom stereocenters. The zero-order chi connectivity index (χ0) is 9.71. The zero-order valence-electron chi connectivity index (χ0n) is 8.27. The normalized spacial score (nSPS) is 42.5. The number of esters is 1. The molecule has 74 valence electrons. The number of fused-ring (bicyclic) bond motifs is 5. The maximum Gasteiger partial charge on any atom is 0.333 e. The molecule has 3 aliphatic rings. The third kappa shape index (κ3) is 0.887. The van der Waals surface area contributed by atoms with Gasteiger partial charge < -0.3 is 4.74 Å². The van der Waals surface area contributed by atoms with E-state index in [2.05, 4.69) is 18.2 Å². The van der Waals surface area contributed by atoms with Gasteiger partial charge in [0.2, 0.25) is 0 Å². The lowest BCUT2D eigenvalue weighted by Gasteiger charge is -2.22. The number of rotatable bonds is 1. The highest BCUT2D eigenvalue weighted by molar-refractivity contribution is 5.90. The molecule has 0 N–H and O–H groups in total. The second-order valence-corrected chi connectivity index (χ2v) is 4.52. The zero-order valence-corrected chi connectivity index (χ0v) is 8.27. The number of methoxy groups -OCH3 is 1. The van der Waals surface area contributed by atoms with Crippen LogP contribution in [0.25, 0.3) is 0 Å². The van der Waals surface area contributed by atoms with E-state index in [1.54, 1.807) is 0 Å². The Bertz CT molecular complexity index is 340. The molecule has 0 aromatic carbocycles. The summed E-state index contributed by atoms with van der Waals surface area (Å²) in [5, 5.41) is 0. The van der Waals surface area contributed by atoms with Crippen LogP contribution < -0.4 is 0 Å². The van der Waals surface area contributed by atoms with Crippen LogP contribution in [0, 0.1) is 23.7 Å². The van der Waals surface area contributed by atoms with E-state index in [0.29, 0.717) is 17.8 Å².